The molecule has 5 rings (SSSR count). The molecule has 0 spiro atoms. The maximum atomic E-state index is 12.9. The summed E-state index contributed by atoms with van der Waals surface area (Å²) in [4.78, 5) is 18.1. The number of rotatable bonds is 9. The van der Waals surface area contributed by atoms with Crippen molar-refractivity contribution in [2.75, 3.05) is 19.6 Å². The fourth-order valence-corrected chi connectivity index (χ4v) is 7.80. The number of likely N-dealkylation sites (tertiary alicyclic amines) is 1. The number of carbonyl (C=O) groups is 1. The molecular weight excluding hydrogens is 637 g/mol. The van der Waals surface area contributed by atoms with E-state index in [0.29, 0.717) is 42.8 Å². The van der Waals surface area contributed by atoms with Gasteiger partial charge in [-0.1, -0.05) is 35.8 Å². The Morgan fingerprint density at radius 1 is 1.15 bits per heavy atom. The lowest BCUT2D eigenvalue weighted by Gasteiger charge is -2.33. The zero-order valence-electron chi connectivity index (χ0n) is 27.3. The summed E-state index contributed by atoms with van der Waals surface area (Å²) in [5, 5.41) is 9.52. The van der Waals surface area contributed by atoms with E-state index in [0.717, 1.165) is 34.8 Å². The van der Waals surface area contributed by atoms with E-state index in [1.807, 2.05) is 62.6 Å². The first-order valence-corrected chi connectivity index (χ1v) is 18.3. The molecule has 13 heteroatoms. The number of hydrogen-bond acceptors (Lipinski definition) is 9. The minimum atomic E-state index is -3.58. The van der Waals surface area contributed by atoms with E-state index < -0.39 is 27.0 Å². The van der Waals surface area contributed by atoms with E-state index in [4.69, 9.17) is 9.47 Å². The summed E-state index contributed by atoms with van der Waals surface area (Å²) in [6.07, 6.45) is 11.7. The first-order valence-electron chi connectivity index (χ1n) is 15.9. The second-order valence-electron chi connectivity index (χ2n) is 12.6. The van der Waals surface area contributed by atoms with Gasteiger partial charge in [-0.25, -0.2) is 17.9 Å². The highest BCUT2D eigenvalue weighted by atomic mass is 32.2. The number of thioether (sulfide) groups is 1. The maximum absolute atomic E-state index is 12.9. The lowest BCUT2D eigenvalue weighted by Crippen LogP contribution is -2.47. The SMILES string of the molecule is Cc1cc(OCc2nnc(SC3C=CCCC3)n2-c2cccnc2)ccc1C#CCNS(=O)(=O)C1CCN(C(=O)OC(C)(C)C)CC1. The average Bonchev–Trinajstić information content (AvgIpc) is 3.45. The summed E-state index contributed by atoms with van der Waals surface area (Å²) in [5.74, 6) is 7.33. The molecule has 1 aromatic carbocycles. The molecule has 1 atom stereocenters. The Labute approximate surface area is 281 Å². The number of carbonyl (C=O) groups excluding carboxylic acids is 1. The number of benzene rings is 1. The van der Waals surface area contributed by atoms with Gasteiger partial charge in [-0.15, -0.1) is 10.2 Å². The van der Waals surface area contributed by atoms with E-state index >= 15 is 0 Å². The normalized spacial score (nSPS) is 17.2. The zero-order valence-corrected chi connectivity index (χ0v) is 28.9. The largest absolute Gasteiger partial charge is 0.486 e. The maximum Gasteiger partial charge on any atom is 0.410 e. The molecule has 0 bridgehead atoms. The Morgan fingerprint density at radius 3 is 2.64 bits per heavy atom. The summed E-state index contributed by atoms with van der Waals surface area (Å²) in [5.41, 5.74) is 1.97. The van der Waals surface area contributed by atoms with Crippen molar-refractivity contribution >= 4 is 27.9 Å². The van der Waals surface area contributed by atoms with Gasteiger partial charge in [0.1, 0.15) is 18.0 Å². The zero-order chi connectivity index (χ0) is 33.4. The third-order valence-electron chi connectivity index (χ3n) is 7.75. The van der Waals surface area contributed by atoms with Crippen molar-refractivity contribution in [3.8, 4) is 23.3 Å². The van der Waals surface area contributed by atoms with Crippen LogP contribution in [-0.4, -0.2) is 74.9 Å². The van der Waals surface area contributed by atoms with Gasteiger partial charge >= 0.3 is 6.09 Å². The summed E-state index contributed by atoms with van der Waals surface area (Å²) in [6, 6.07) is 9.47. The number of pyridine rings is 1. The van der Waals surface area contributed by atoms with Crippen LogP contribution in [0.4, 0.5) is 4.79 Å². The Hall–Kier alpha value is -3.86. The third kappa shape index (κ3) is 9.59. The predicted molar refractivity (Wildman–Crippen MR) is 182 cm³/mol. The Morgan fingerprint density at radius 2 is 1.96 bits per heavy atom. The molecule has 2 aliphatic rings. The van der Waals surface area contributed by atoms with E-state index in [1.165, 1.54) is 6.42 Å². The van der Waals surface area contributed by atoms with E-state index in [-0.39, 0.29) is 13.2 Å². The molecule has 2 aromatic heterocycles. The molecule has 0 saturated carbocycles. The van der Waals surface area contributed by atoms with Crippen LogP contribution in [-0.2, 0) is 21.4 Å². The molecule has 1 aliphatic carbocycles. The van der Waals surface area contributed by atoms with E-state index in [9.17, 15) is 13.2 Å². The smallest absolute Gasteiger partial charge is 0.410 e. The van der Waals surface area contributed by atoms with Crippen LogP contribution in [0.3, 0.4) is 0 Å². The van der Waals surface area contributed by atoms with Crippen LogP contribution in [0.2, 0.25) is 0 Å². The van der Waals surface area contributed by atoms with Crippen molar-refractivity contribution in [2.24, 2.45) is 0 Å². The van der Waals surface area contributed by atoms with Crippen LogP contribution in [0.1, 0.15) is 69.8 Å². The molecule has 1 unspecified atom stereocenters. The number of piperidine rings is 1. The monoisotopic (exact) mass is 678 g/mol. The number of nitrogens with zero attached hydrogens (tertiary/aromatic N) is 5. The standard InChI is InChI=1S/C34H42N6O5S2/c1-25-22-28(44-24-31-37-38-32(46-29-12-6-5-7-13-29)40(31)27-11-9-18-35-23-27)15-14-26(25)10-8-19-36-47(42,43)30-16-20-39(21-17-30)33(41)45-34(2,3)4/h6,9,11-12,14-15,18,22-23,29-30,36H,5,7,13,16-17,19-21,24H2,1-4H3. The highest BCUT2D eigenvalue weighted by Gasteiger charge is 2.33. The van der Waals surface area contributed by atoms with Crippen molar-refractivity contribution in [1.82, 2.24) is 29.4 Å². The van der Waals surface area contributed by atoms with Gasteiger partial charge in [-0.2, -0.15) is 0 Å². The van der Waals surface area contributed by atoms with Crippen LogP contribution >= 0.6 is 11.8 Å². The van der Waals surface area contributed by atoms with E-state index in [2.05, 4.69) is 43.9 Å². The second-order valence-corrected chi connectivity index (χ2v) is 15.8. The topological polar surface area (TPSA) is 129 Å². The first-order chi connectivity index (χ1) is 22.5. The lowest BCUT2D eigenvalue weighted by atomic mass is 10.1. The molecule has 3 heterocycles. The second kappa shape index (κ2) is 15.4. The van der Waals surface area contributed by atoms with Crippen molar-refractivity contribution in [2.45, 2.75) is 87.7 Å². The lowest BCUT2D eigenvalue weighted by molar-refractivity contribution is 0.0217. The number of aryl methyl sites for hydroxylation is 1. The van der Waals surface area contributed by atoms with Gasteiger partial charge in [0.05, 0.1) is 23.7 Å². The van der Waals surface area contributed by atoms with Gasteiger partial charge in [0.2, 0.25) is 10.0 Å². The molecular formula is C34H42N6O5S2. The van der Waals surface area contributed by atoms with Crippen LogP contribution in [0.5, 0.6) is 5.75 Å². The number of aromatic nitrogens is 4. The summed E-state index contributed by atoms with van der Waals surface area (Å²) < 4.78 is 41.9. The van der Waals surface area contributed by atoms with Crippen molar-refractivity contribution in [1.29, 1.82) is 0 Å². The molecule has 1 amide bonds. The molecule has 250 valence electrons. The molecule has 1 fully saturated rings. The highest BCUT2D eigenvalue weighted by Crippen LogP contribution is 2.31. The third-order valence-corrected chi connectivity index (χ3v) is 10.8. The molecule has 3 aromatic rings. The van der Waals surface area contributed by atoms with Crippen LogP contribution in [0.15, 0.2) is 60.0 Å². The number of hydrogen-bond donors (Lipinski definition) is 1. The quantitative estimate of drug-likeness (QED) is 0.233. The predicted octanol–water partition coefficient (Wildman–Crippen LogP) is 5.42. The van der Waals surface area contributed by atoms with Gasteiger partial charge in [0.25, 0.3) is 0 Å². The van der Waals surface area contributed by atoms with Gasteiger partial charge in [-0.05, 0) is 95.7 Å². The minimum Gasteiger partial charge on any atom is -0.486 e. The Kier molecular flexibility index (Phi) is 11.3. The number of ether oxygens (including phenoxy) is 2. The number of nitrogens with one attached hydrogen (secondary N) is 1. The molecule has 11 nitrogen and oxygen atoms in total. The van der Waals surface area contributed by atoms with Crippen LogP contribution in [0.25, 0.3) is 5.69 Å². The van der Waals surface area contributed by atoms with Gasteiger partial charge in [0.15, 0.2) is 11.0 Å². The summed E-state index contributed by atoms with van der Waals surface area (Å²) in [6.45, 7) is 8.23. The number of sulfonamides is 1. The fraction of sp³-hybridized carbons (Fsp3) is 0.471. The highest BCUT2D eigenvalue weighted by molar-refractivity contribution is 7.99. The molecule has 1 saturated heterocycles. The molecule has 0 radical (unpaired) electrons. The van der Waals surface area contributed by atoms with E-state index in [1.54, 1.807) is 29.1 Å². The Balaban J connectivity index is 1.15. The number of allylic oxidation sites excluding steroid dienone is 1. The minimum absolute atomic E-state index is 0.00665. The average molecular weight is 679 g/mol. The Bertz CT molecular complexity index is 1730. The summed E-state index contributed by atoms with van der Waals surface area (Å²) >= 11 is 1.70. The fourth-order valence-electron chi connectivity index (χ4n) is 5.31. The van der Waals surface area contributed by atoms with Gasteiger partial charge < -0.3 is 14.4 Å². The number of amides is 1. The molecule has 47 heavy (non-hydrogen) atoms. The van der Waals surface area contributed by atoms with Crippen LogP contribution < -0.4 is 9.46 Å². The molecule has 1 N–H and O–H groups in total. The molecule has 1 aliphatic heterocycles. The van der Waals surface area contributed by atoms with Crippen molar-refractivity contribution in [3.63, 3.8) is 0 Å². The van der Waals surface area contributed by atoms with Gasteiger partial charge in [-0.3, -0.25) is 9.55 Å². The summed E-state index contributed by atoms with van der Waals surface area (Å²) in [7, 11) is -3.58. The first kappa shape index (κ1) is 34.5. The van der Waals surface area contributed by atoms with Crippen molar-refractivity contribution in [3.05, 3.63) is 71.8 Å². The van der Waals surface area contributed by atoms with Crippen LogP contribution in [0, 0.1) is 18.8 Å². The van der Waals surface area contributed by atoms with Gasteiger partial charge in [0, 0.05) is 30.1 Å². The van der Waals surface area contributed by atoms with Crippen molar-refractivity contribution < 1.29 is 22.7 Å².